The Morgan fingerprint density at radius 2 is 1.61 bits per heavy atom. The number of anilines is 1. The minimum atomic E-state index is -4.25. The van der Waals surface area contributed by atoms with Gasteiger partial charge in [-0.3, -0.25) is 9.69 Å². The maximum absolute atomic E-state index is 13.5. The van der Waals surface area contributed by atoms with E-state index in [0.29, 0.717) is 27.0 Å². The number of aliphatic hydroxyl groups excluding tert-OH is 1. The van der Waals surface area contributed by atoms with Crippen LogP contribution in [0.25, 0.3) is 0 Å². The molecule has 0 bridgehead atoms. The number of aliphatic hydroxyl groups is 1. The van der Waals surface area contributed by atoms with Crippen molar-refractivity contribution in [2.45, 2.75) is 24.3 Å². The zero-order chi connectivity index (χ0) is 22.3. The highest BCUT2D eigenvalue weighted by molar-refractivity contribution is 7.95. The Bertz CT molecular complexity index is 1290. The average Bonchev–Trinajstić information content (AvgIpc) is 3.32. The van der Waals surface area contributed by atoms with Gasteiger partial charge in [0.2, 0.25) is 15.0 Å². The second kappa shape index (κ2) is 8.23. The molecule has 1 amide bonds. The number of hydrogen-bond donors (Lipinski definition) is 1. The third kappa shape index (κ3) is 3.82. The van der Waals surface area contributed by atoms with Crippen molar-refractivity contribution >= 4 is 55.4 Å². The number of amides is 1. The fourth-order valence-corrected chi connectivity index (χ4v) is 5.91. The molecule has 1 aliphatic rings. The summed E-state index contributed by atoms with van der Waals surface area (Å²) in [5.74, 6) is -1.73. The summed E-state index contributed by atoms with van der Waals surface area (Å²) in [5, 5.41) is 20.4. The SMILES string of the molecule is CCc1nnc(N2C(=O)C(O)=C(S(=O)(=O)c3ccc(Cl)cc3)C2c2ccc(Cl)cc2)s1. The number of hydrogen-bond acceptors (Lipinski definition) is 7. The van der Waals surface area contributed by atoms with Crippen LogP contribution in [0.3, 0.4) is 0 Å². The van der Waals surface area contributed by atoms with Crippen molar-refractivity contribution in [3.8, 4) is 0 Å². The Morgan fingerprint density at radius 3 is 2.16 bits per heavy atom. The maximum Gasteiger partial charge on any atom is 0.296 e. The number of rotatable bonds is 5. The molecule has 1 unspecified atom stereocenters. The van der Waals surface area contributed by atoms with Gasteiger partial charge in [0.25, 0.3) is 5.91 Å². The molecule has 11 heteroatoms. The lowest BCUT2D eigenvalue weighted by Crippen LogP contribution is -2.31. The van der Waals surface area contributed by atoms with Crippen molar-refractivity contribution in [3.05, 3.63) is 79.8 Å². The van der Waals surface area contributed by atoms with Crippen molar-refractivity contribution < 1.29 is 18.3 Å². The summed E-state index contributed by atoms with van der Waals surface area (Å²) in [5.41, 5.74) is 0.447. The predicted octanol–water partition coefficient (Wildman–Crippen LogP) is 4.74. The highest BCUT2D eigenvalue weighted by atomic mass is 35.5. The van der Waals surface area contributed by atoms with Gasteiger partial charge in [-0.05, 0) is 48.4 Å². The molecular weight excluding hydrogens is 481 g/mol. The first-order valence-electron chi connectivity index (χ1n) is 9.09. The fraction of sp³-hybridized carbons (Fsp3) is 0.150. The van der Waals surface area contributed by atoms with E-state index in [-0.39, 0.29) is 10.0 Å². The molecule has 160 valence electrons. The third-order valence-corrected chi connectivity index (χ3v) is 8.18. The van der Waals surface area contributed by atoms with Gasteiger partial charge in [0, 0.05) is 10.0 Å². The van der Waals surface area contributed by atoms with E-state index in [9.17, 15) is 18.3 Å². The van der Waals surface area contributed by atoms with Crippen molar-refractivity contribution in [1.82, 2.24) is 10.2 Å². The van der Waals surface area contributed by atoms with Gasteiger partial charge in [-0.25, -0.2) is 8.42 Å². The van der Waals surface area contributed by atoms with Crippen LogP contribution in [0.2, 0.25) is 10.0 Å². The molecule has 1 atom stereocenters. The molecule has 3 aromatic rings. The molecular formula is C20H15Cl2N3O4S2. The molecule has 7 nitrogen and oxygen atoms in total. The van der Waals surface area contributed by atoms with Crippen molar-refractivity contribution in [1.29, 1.82) is 0 Å². The average molecular weight is 496 g/mol. The molecule has 2 aromatic carbocycles. The molecule has 0 saturated heterocycles. The molecule has 0 radical (unpaired) electrons. The Morgan fingerprint density at radius 1 is 1.03 bits per heavy atom. The minimum Gasteiger partial charge on any atom is -0.502 e. The summed E-state index contributed by atoms with van der Waals surface area (Å²) >= 11 is 13.0. The Labute approximate surface area is 192 Å². The molecule has 0 aliphatic carbocycles. The molecule has 0 spiro atoms. The van der Waals surface area contributed by atoms with Crippen molar-refractivity contribution in [2.75, 3.05) is 4.90 Å². The lowest BCUT2D eigenvalue weighted by molar-refractivity contribution is -0.117. The summed E-state index contributed by atoms with van der Waals surface area (Å²) in [6.07, 6.45) is 0.598. The molecule has 31 heavy (non-hydrogen) atoms. The number of nitrogens with zero attached hydrogens (tertiary/aromatic N) is 3. The number of sulfone groups is 1. The van der Waals surface area contributed by atoms with E-state index >= 15 is 0 Å². The zero-order valence-corrected chi connectivity index (χ0v) is 19.1. The first kappa shape index (κ1) is 21.8. The van der Waals surface area contributed by atoms with Gasteiger partial charge in [0.1, 0.15) is 16.0 Å². The first-order chi connectivity index (χ1) is 14.7. The van der Waals surface area contributed by atoms with Gasteiger partial charge < -0.3 is 5.11 Å². The lowest BCUT2D eigenvalue weighted by atomic mass is 10.1. The van der Waals surface area contributed by atoms with E-state index in [1.807, 2.05) is 6.92 Å². The third-order valence-electron chi connectivity index (χ3n) is 4.73. The number of carbonyl (C=O) groups is 1. The standard InChI is InChI=1S/C20H15Cl2N3O4S2/c1-2-15-23-24-20(30-15)25-16(11-3-5-12(21)6-4-11)18(17(26)19(25)27)31(28,29)14-9-7-13(22)8-10-14/h3-10,16,26H,2H2,1H3. The number of aryl methyl sites for hydroxylation is 1. The van der Waals surface area contributed by atoms with Gasteiger partial charge in [-0.1, -0.05) is 53.6 Å². The van der Waals surface area contributed by atoms with Crippen LogP contribution in [0.1, 0.15) is 23.5 Å². The molecule has 1 N–H and O–H groups in total. The first-order valence-corrected chi connectivity index (χ1v) is 12.1. The van der Waals surface area contributed by atoms with Crippen LogP contribution < -0.4 is 4.90 Å². The van der Waals surface area contributed by atoms with E-state index in [0.717, 1.165) is 16.2 Å². The smallest absolute Gasteiger partial charge is 0.296 e. The summed E-state index contributed by atoms with van der Waals surface area (Å²) in [7, 11) is -4.25. The second-order valence-electron chi connectivity index (χ2n) is 6.63. The normalized spacial score (nSPS) is 16.9. The van der Waals surface area contributed by atoms with E-state index < -0.39 is 32.5 Å². The largest absolute Gasteiger partial charge is 0.502 e. The van der Waals surface area contributed by atoms with Gasteiger partial charge in [-0.2, -0.15) is 0 Å². The van der Waals surface area contributed by atoms with E-state index in [1.165, 1.54) is 24.3 Å². The van der Waals surface area contributed by atoms with Crippen molar-refractivity contribution in [2.24, 2.45) is 0 Å². The highest BCUT2D eigenvalue weighted by Gasteiger charge is 2.48. The van der Waals surface area contributed by atoms with Crippen LogP contribution in [0.5, 0.6) is 0 Å². The van der Waals surface area contributed by atoms with Gasteiger partial charge in [0.15, 0.2) is 5.76 Å². The molecule has 1 aromatic heterocycles. The number of aromatic nitrogens is 2. The highest BCUT2D eigenvalue weighted by Crippen LogP contribution is 2.45. The van der Waals surface area contributed by atoms with Crippen LogP contribution in [-0.2, 0) is 21.1 Å². The molecule has 1 aliphatic heterocycles. The van der Waals surface area contributed by atoms with Crippen LogP contribution in [0.15, 0.2) is 64.1 Å². The minimum absolute atomic E-state index is 0.0985. The Kier molecular flexibility index (Phi) is 5.78. The van der Waals surface area contributed by atoms with Gasteiger partial charge in [-0.15, -0.1) is 10.2 Å². The van der Waals surface area contributed by atoms with Gasteiger partial charge in [0.05, 0.1) is 4.90 Å². The van der Waals surface area contributed by atoms with Crippen LogP contribution in [0, 0.1) is 0 Å². The van der Waals surface area contributed by atoms with Crippen molar-refractivity contribution in [3.63, 3.8) is 0 Å². The van der Waals surface area contributed by atoms with Crippen LogP contribution in [-0.4, -0.2) is 29.6 Å². The fourth-order valence-electron chi connectivity index (χ4n) is 3.23. The second-order valence-corrected chi connectivity index (χ2v) is 10.5. The molecule has 0 fully saturated rings. The summed E-state index contributed by atoms with van der Waals surface area (Å²) in [4.78, 5) is 13.7. The zero-order valence-electron chi connectivity index (χ0n) is 16.0. The number of benzene rings is 2. The maximum atomic E-state index is 13.5. The van der Waals surface area contributed by atoms with Crippen LogP contribution >= 0.6 is 34.5 Å². The van der Waals surface area contributed by atoms with Gasteiger partial charge >= 0.3 is 0 Å². The lowest BCUT2D eigenvalue weighted by Gasteiger charge is -2.24. The monoisotopic (exact) mass is 495 g/mol. The molecule has 0 saturated carbocycles. The van der Waals surface area contributed by atoms with E-state index in [4.69, 9.17) is 23.2 Å². The predicted molar refractivity (Wildman–Crippen MR) is 119 cm³/mol. The van der Waals surface area contributed by atoms with E-state index in [2.05, 4.69) is 10.2 Å². The Hall–Kier alpha value is -2.46. The number of halogens is 2. The number of carbonyl (C=O) groups excluding carboxylic acids is 1. The quantitative estimate of drug-likeness (QED) is 0.548. The summed E-state index contributed by atoms with van der Waals surface area (Å²) < 4.78 is 27.0. The summed E-state index contributed by atoms with van der Waals surface area (Å²) in [6, 6.07) is 10.7. The Balaban J connectivity index is 1.92. The van der Waals surface area contributed by atoms with Crippen LogP contribution in [0.4, 0.5) is 5.13 Å². The molecule has 4 rings (SSSR count). The molecule has 2 heterocycles. The summed E-state index contributed by atoms with van der Waals surface area (Å²) in [6.45, 7) is 1.89. The van der Waals surface area contributed by atoms with E-state index in [1.54, 1.807) is 24.3 Å². The topological polar surface area (TPSA) is 100 Å².